The van der Waals surface area contributed by atoms with E-state index in [1.807, 2.05) is 0 Å². The Morgan fingerprint density at radius 2 is 1.75 bits per heavy atom. The van der Waals surface area contributed by atoms with Crippen LogP contribution in [-0.4, -0.2) is 18.4 Å². The van der Waals surface area contributed by atoms with E-state index < -0.39 is 10.0 Å². The molecule has 0 radical (unpaired) electrons. The zero-order valence-electron chi connectivity index (χ0n) is 15.1. The molecule has 0 spiro atoms. The van der Waals surface area contributed by atoms with Crippen LogP contribution in [0.4, 0.5) is 11.5 Å². The number of aryl methyl sites for hydroxylation is 1. The van der Waals surface area contributed by atoms with Crippen molar-refractivity contribution in [3.8, 4) is 11.1 Å². The topological polar surface area (TPSA) is 98.0 Å². The van der Waals surface area contributed by atoms with Crippen molar-refractivity contribution in [1.82, 2.24) is 9.97 Å². The summed E-state index contributed by atoms with van der Waals surface area (Å²) in [7, 11) is -3.72. The molecule has 0 aliphatic heterocycles. The molecule has 0 bridgehead atoms. The molecule has 142 valence electrons. The van der Waals surface area contributed by atoms with E-state index in [0.29, 0.717) is 11.5 Å². The standard InChI is InChI=1S/C20H18N4O2S2/c1-2-13-3-5-14(6-4-13)17-11-27-20-18(17)19(22-12-23-20)24-15-7-9-16(10-8-15)28(21,25)26/h3-12H,2H2,1H3,(H2,21,25,26)(H,22,23,24). The highest BCUT2D eigenvalue weighted by Crippen LogP contribution is 2.37. The number of anilines is 2. The summed E-state index contributed by atoms with van der Waals surface area (Å²) in [5.41, 5.74) is 4.16. The summed E-state index contributed by atoms with van der Waals surface area (Å²) in [4.78, 5) is 9.74. The molecule has 6 nitrogen and oxygen atoms in total. The third kappa shape index (κ3) is 3.62. The Labute approximate surface area is 167 Å². The Morgan fingerprint density at radius 3 is 2.39 bits per heavy atom. The smallest absolute Gasteiger partial charge is 0.238 e. The molecule has 0 aliphatic rings. The highest BCUT2D eigenvalue weighted by molar-refractivity contribution is 7.89. The van der Waals surface area contributed by atoms with Gasteiger partial charge in [-0.2, -0.15) is 0 Å². The SMILES string of the molecule is CCc1ccc(-c2csc3ncnc(Nc4ccc(S(N)(=O)=O)cc4)c23)cc1. The van der Waals surface area contributed by atoms with Crippen molar-refractivity contribution in [2.75, 3.05) is 5.32 Å². The van der Waals surface area contributed by atoms with E-state index in [1.54, 1.807) is 23.5 Å². The molecular weight excluding hydrogens is 392 g/mol. The predicted octanol–water partition coefficient (Wildman–Crippen LogP) is 4.31. The number of thiophene rings is 1. The van der Waals surface area contributed by atoms with Gasteiger partial charge in [-0.1, -0.05) is 31.2 Å². The second-order valence-electron chi connectivity index (χ2n) is 6.30. The van der Waals surface area contributed by atoms with Gasteiger partial charge in [0.05, 0.1) is 10.3 Å². The number of benzene rings is 2. The number of nitrogens with one attached hydrogen (secondary N) is 1. The maximum absolute atomic E-state index is 11.4. The Balaban J connectivity index is 1.74. The number of sulfonamides is 1. The molecule has 4 rings (SSSR count). The molecule has 0 amide bonds. The number of aromatic nitrogens is 2. The molecule has 8 heteroatoms. The molecule has 2 heterocycles. The number of hydrogen-bond acceptors (Lipinski definition) is 6. The van der Waals surface area contributed by atoms with E-state index in [9.17, 15) is 8.42 Å². The van der Waals surface area contributed by atoms with Gasteiger partial charge in [0, 0.05) is 16.6 Å². The minimum Gasteiger partial charge on any atom is -0.340 e. The van der Waals surface area contributed by atoms with E-state index in [0.717, 1.165) is 27.8 Å². The predicted molar refractivity (Wildman–Crippen MR) is 113 cm³/mol. The Kier molecular flexibility index (Phi) is 4.84. The molecule has 0 saturated carbocycles. The lowest BCUT2D eigenvalue weighted by Gasteiger charge is -2.09. The van der Waals surface area contributed by atoms with Gasteiger partial charge >= 0.3 is 0 Å². The van der Waals surface area contributed by atoms with Gasteiger partial charge in [0.2, 0.25) is 10.0 Å². The van der Waals surface area contributed by atoms with Crippen molar-refractivity contribution in [2.45, 2.75) is 18.2 Å². The van der Waals surface area contributed by atoms with E-state index >= 15 is 0 Å². The number of nitrogens with zero attached hydrogens (tertiary/aromatic N) is 2. The van der Waals surface area contributed by atoms with E-state index in [2.05, 4.69) is 51.9 Å². The maximum Gasteiger partial charge on any atom is 0.238 e. The summed E-state index contributed by atoms with van der Waals surface area (Å²) < 4.78 is 22.9. The van der Waals surface area contributed by atoms with E-state index in [1.165, 1.54) is 24.0 Å². The molecule has 3 N–H and O–H groups in total. The first-order valence-electron chi connectivity index (χ1n) is 8.67. The lowest BCUT2D eigenvalue weighted by atomic mass is 10.0. The number of hydrogen-bond donors (Lipinski definition) is 2. The Bertz CT molecular complexity index is 1230. The van der Waals surface area contributed by atoms with Crippen molar-refractivity contribution in [3.63, 3.8) is 0 Å². The largest absolute Gasteiger partial charge is 0.340 e. The molecule has 0 saturated heterocycles. The van der Waals surface area contributed by atoms with Crippen LogP contribution >= 0.6 is 11.3 Å². The average molecular weight is 411 g/mol. The lowest BCUT2D eigenvalue weighted by molar-refractivity contribution is 0.598. The zero-order chi connectivity index (χ0) is 19.7. The fourth-order valence-corrected chi connectivity index (χ4v) is 4.40. The summed E-state index contributed by atoms with van der Waals surface area (Å²) in [5.74, 6) is 0.671. The van der Waals surface area contributed by atoms with Crippen LogP contribution in [0.15, 0.2) is 65.1 Å². The van der Waals surface area contributed by atoms with Crippen molar-refractivity contribution in [3.05, 3.63) is 65.8 Å². The second kappa shape index (κ2) is 7.31. The van der Waals surface area contributed by atoms with Crippen LogP contribution in [-0.2, 0) is 16.4 Å². The summed E-state index contributed by atoms with van der Waals surface area (Å²) in [5, 5.41) is 11.4. The molecule has 28 heavy (non-hydrogen) atoms. The van der Waals surface area contributed by atoms with Crippen LogP contribution in [0, 0.1) is 0 Å². The fraction of sp³-hybridized carbons (Fsp3) is 0.100. The first-order chi connectivity index (χ1) is 13.5. The van der Waals surface area contributed by atoms with Crippen molar-refractivity contribution >= 4 is 43.1 Å². The van der Waals surface area contributed by atoms with Crippen molar-refractivity contribution in [1.29, 1.82) is 0 Å². The maximum atomic E-state index is 11.4. The molecule has 0 unspecified atom stereocenters. The molecule has 2 aromatic carbocycles. The van der Waals surface area contributed by atoms with Gasteiger partial charge in [-0.15, -0.1) is 11.3 Å². The van der Waals surface area contributed by atoms with Crippen LogP contribution in [0.25, 0.3) is 21.3 Å². The van der Waals surface area contributed by atoms with E-state index in [-0.39, 0.29) is 4.90 Å². The number of rotatable bonds is 5. The first-order valence-corrected chi connectivity index (χ1v) is 11.1. The zero-order valence-corrected chi connectivity index (χ0v) is 16.7. The summed E-state index contributed by atoms with van der Waals surface area (Å²) in [6, 6.07) is 14.7. The van der Waals surface area contributed by atoms with Crippen LogP contribution in [0.5, 0.6) is 0 Å². The minimum absolute atomic E-state index is 0.0677. The van der Waals surface area contributed by atoms with Crippen molar-refractivity contribution < 1.29 is 8.42 Å². The summed E-state index contributed by atoms with van der Waals surface area (Å²) >= 11 is 1.56. The van der Waals surface area contributed by atoms with Gasteiger partial charge in [0.15, 0.2) is 0 Å². The minimum atomic E-state index is -3.72. The van der Waals surface area contributed by atoms with Gasteiger partial charge < -0.3 is 5.32 Å². The second-order valence-corrected chi connectivity index (χ2v) is 8.72. The summed E-state index contributed by atoms with van der Waals surface area (Å²) in [6.07, 6.45) is 2.51. The molecule has 0 aliphatic carbocycles. The quantitative estimate of drug-likeness (QED) is 0.511. The monoisotopic (exact) mass is 410 g/mol. The third-order valence-electron chi connectivity index (χ3n) is 4.49. The highest BCUT2D eigenvalue weighted by Gasteiger charge is 2.14. The van der Waals surface area contributed by atoms with Gasteiger partial charge in [-0.05, 0) is 41.8 Å². The molecule has 0 fully saturated rings. The molecule has 4 aromatic rings. The fourth-order valence-electron chi connectivity index (χ4n) is 2.97. The molecule has 2 aromatic heterocycles. The normalized spacial score (nSPS) is 11.6. The number of primary sulfonamides is 1. The average Bonchev–Trinajstić information content (AvgIpc) is 3.13. The highest BCUT2D eigenvalue weighted by atomic mass is 32.2. The van der Waals surface area contributed by atoms with Crippen LogP contribution in [0.2, 0.25) is 0 Å². The van der Waals surface area contributed by atoms with Crippen molar-refractivity contribution in [2.24, 2.45) is 5.14 Å². The Hall–Kier alpha value is -2.81. The van der Waals surface area contributed by atoms with Gasteiger partial charge in [-0.25, -0.2) is 23.5 Å². The van der Waals surface area contributed by atoms with Crippen LogP contribution in [0.1, 0.15) is 12.5 Å². The number of nitrogens with two attached hydrogens (primary N) is 1. The number of fused-ring (bicyclic) bond motifs is 1. The molecular formula is C20H18N4O2S2. The Morgan fingerprint density at radius 1 is 1.04 bits per heavy atom. The van der Waals surface area contributed by atoms with Gasteiger partial charge in [0.1, 0.15) is 17.0 Å². The van der Waals surface area contributed by atoms with E-state index in [4.69, 9.17) is 5.14 Å². The third-order valence-corrected chi connectivity index (χ3v) is 6.30. The van der Waals surface area contributed by atoms with Gasteiger partial charge in [0.25, 0.3) is 0 Å². The van der Waals surface area contributed by atoms with Crippen LogP contribution in [0.3, 0.4) is 0 Å². The summed E-state index contributed by atoms with van der Waals surface area (Å²) in [6.45, 7) is 2.13. The first kappa shape index (κ1) is 18.5. The molecule has 0 atom stereocenters. The lowest BCUT2D eigenvalue weighted by Crippen LogP contribution is -2.11. The van der Waals surface area contributed by atoms with Gasteiger partial charge in [-0.3, -0.25) is 0 Å². The van der Waals surface area contributed by atoms with Crippen LogP contribution < -0.4 is 10.5 Å².